The lowest BCUT2D eigenvalue weighted by atomic mass is 10.0. The highest BCUT2D eigenvalue weighted by molar-refractivity contribution is 8.00. The van der Waals surface area contributed by atoms with Crippen molar-refractivity contribution in [2.24, 2.45) is 0 Å². The summed E-state index contributed by atoms with van der Waals surface area (Å²) in [6, 6.07) is 13.6. The number of carbonyl (C=O) groups is 1. The minimum Gasteiger partial charge on any atom is -0.355 e. The number of nitrogens with one attached hydrogen (secondary N) is 1. The van der Waals surface area contributed by atoms with Gasteiger partial charge in [-0.15, -0.1) is 11.8 Å². The summed E-state index contributed by atoms with van der Waals surface area (Å²) in [6.45, 7) is 4.32. The van der Waals surface area contributed by atoms with E-state index < -0.39 is 11.6 Å². The Morgan fingerprint density at radius 3 is 2.43 bits per heavy atom. The van der Waals surface area contributed by atoms with Gasteiger partial charge in [-0.05, 0) is 36.6 Å². The molecule has 0 aliphatic rings. The average molecular weight is 335 g/mol. The fraction of sp³-hybridized carbons (Fsp3) is 0.278. The molecule has 2 aromatic carbocycles. The fourth-order valence-corrected chi connectivity index (χ4v) is 3.02. The molecule has 0 aromatic heterocycles. The summed E-state index contributed by atoms with van der Waals surface area (Å²) in [5, 5.41) is 2.51. The summed E-state index contributed by atoms with van der Waals surface area (Å²) in [6.07, 6.45) is 0. The molecule has 0 fully saturated rings. The molecule has 1 amide bonds. The van der Waals surface area contributed by atoms with Crippen LogP contribution in [0.1, 0.15) is 25.3 Å². The van der Waals surface area contributed by atoms with Gasteiger partial charge >= 0.3 is 0 Å². The SMILES string of the molecule is C[C@@H](Sc1ccc(F)c(F)c1)C(=O)NC[C@H](C)c1ccccc1. The van der Waals surface area contributed by atoms with Gasteiger partial charge in [0.05, 0.1) is 5.25 Å². The number of rotatable bonds is 6. The van der Waals surface area contributed by atoms with E-state index >= 15 is 0 Å². The van der Waals surface area contributed by atoms with Crippen LogP contribution < -0.4 is 5.32 Å². The van der Waals surface area contributed by atoms with Crippen LogP contribution in [0.5, 0.6) is 0 Å². The van der Waals surface area contributed by atoms with Gasteiger partial charge < -0.3 is 5.32 Å². The highest BCUT2D eigenvalue weighted by Crippen LogP contribution is 2.25. The second-order valence-electron chi connectivity index (χ2n) is 5.39. The van der Waals surface area contributed by atoms with Crippen LogP contribution in [0.3, 0.4) is 0 Å². The van der Waals surface area contributed by atoms with Gasteiger partial charge in [-0.3, -0.25) is 4.79 Å². The van der Waals surface area contributed by atoms with E-state index in [1.54, 1.807) is 6.92 Å². The maximum Gasteiger partial charge on any atom is 0.233 e. The molecule has 5 heteroatoms. The Kier molecular flexibility index (Phi) is 6.16. The minimum atomic E-state index is -0.902. The molecule has 0 bridgehead atoms. The number of hydrogen-bond donors (Lipinski definition) is 1. The number of amides is 1. The van der Waals surface area contributed by atoms with E-state index in [1.807, 2.05) is 37.3 Å². The Labute approximate surface area is 139 Å². The van der Waals surface area contributed by atoms with E-state index in [0.29, 0.717) is 11.4 Å². The van der Waals surface area contributed by atoms with E-state index in [4.69, 9.17) is 0 Å². The van der Waals surface area contributed by atoms with Gasteiger partial charge in [0, 0.05) is 11.4 Å². The van der Waals surface area contributed by atoms with Crippen molar-refractivity contribution in [3.8, 4) is 0 Å². The van der Waals surface area contributed by atoms with Crippen LogP contribution in [0.15, 0.2) is 53.4 Å². The van der Waals surface area contributed by atoms with E-state index in [0.717, 1.165) is 17.7 Å². The first-order valence-electron chi connectivity index (χ1n) is 7.41. The van der Waals surface area contributed by atoms with E-state index in [2.05, 4.69) is 5.32 Å². The quantitative estimate of drug-likeness (QED) is 0.795. The molecule has 2 nitrogen and oxygen atoms in total. The van der Waals surface area contributed by atoms with Gasteiger partial charge in [-0.1, -0.05) is 37.3 Å². The van der Waals surface area contributed by atoms with Crippen molar-refractivity contribution in [2.75, 3.05) is 6.54 Å². The topological polar surface area (TPSA) is 29.1 Å². The van der Waals surface area contributed by atoms with Crippen LogP contribution in [0.4, 0.5) is 8.78 Å². The molecule has 0 heterocycles. The van der Waals surface area contributed by atoms with Crippen LogP contribution in [-0.2, 0) is 4.79 Å². The zero-order valence-corrected chi connectivity index (χ0v) is 13.9. The average Bonchev–Trinajstić information content (AvgIpc) is 2.56. The third-order valence-electron chi connectivity index (χ3n) is 3.52. The van der Waals surface area contributed by atoms with E-state index in [-0.39, 0.29) is 17.1 Å². The second-order valence-corrected chi connectivity index (χ2v) is 6.81. The van der Waals surface area contributed by atoms with Crippen LogP contribution >= 0.6 is 11.8 Å². The van der Waals surface area contributed by atoms with Gasteiger partial charge in [0.1, 0.15) is 0 Å². The Morgan fingerprint density at radius 2 is 1.78 bits per heavy atom. The van der Waals surface area contributed by atoms with Crippen molar-refractivity contribution in [3.05, 3.63) is 65.7 Å². The third kappa shape index (κ3) is 5.06. The van der Waals surface area contributed by atoms with Gasteiger partial charge in [0.25, 0.3) is 0 Å². The van der Waals surface area contributed by atoms with E-state index in [1.165, 1.54) is 17.8 Å². The van der Waals surface area contributed by atoms with Crippen molar-refractivity contribution >= 4 is 17.7 Å². The first-order chi connectivity index (χ1) is 11.0. The number of thioether (sulfide) groups is 1. The number of hydrogen-bond acceptors (Lipinski definition) is 2. The molecule has 0 aliphatic carbocycles. The maximum absolute atomic E-state index is 13.2. The highest BCUT2D eigenvalue weighted by Gasteiger charge is 2.16. The standard InChI is InChI=1S/C18H19F2NOS/c1-12(14-6-4-3-5-7-14)11-21-18(22)13(2)23-15-8-9-16(19)17(20)10-15/h3-10,12-13H,11H2,1-2H3,(H,21,22)/t12-,13+/m0/s1. The zero-order valence-electron chi connectivity index (χ0n) is 13.1. The van der Waals surface area contributed by atoms with Crippen LogP contribution in [-0.4, -0.2) is 17.7 Å². The molecular weight excluding hydrogens is 316 g/mol. The van der Waals surface area contributed by atoms with Crippen LogP contribution in [0, 0.1) is 11.6 Å². The van der Waals surface area contributed by atoms with Crippen molar-refractivity contribution in [1.82, 2.24) is 5.32 Å². The molecule has 0 unspecified atom stereocenters. The van der Waals surface area contributed by atoms with Gasteiger partial charge in [-0.2, -0.15) is 0 Å². The predicted molar refractivity (Wildman–Crippen MR) is 89.5 cm³/mol. The lowest BCUT2D eigenvalue weighted by Crippen LogP contribution is -2.33. The van der Waals surface area contributed by atoms with Crippen LogP contribution in [0.25, 0.3) is 0 Å². The van der Waals surface area contributed by atoms with Crippen LogP contribution in [0.2, 0.25) is 0 Å². The van der Waals surface area contributed by atoms with Gasteiger partial charge in [0.2, 0.25) is 5.91 Å². The molecule has 122 valence electrons. The molecule has 0 radical (unpaired) electrons. The summed E-state index contributed by atoms with van der Waals surface area (Å²) in [5.41, 5.74) is 1.16. The van der Waals surface area contributed by atoms with Gasteiger partial charge in [0.15, 0.2) is 11.6 Å². The normalized spacial score (nSPS) is 13.4. The number of benzene rings is 2. The number of carbonyl (C=O) groups excluding carboxylic acids is 1. The first kappa shape index (κ1) is 17.5. The Bertz CT molecular complexity index is 663. The molecular formula is C18H19F2NOS. The second kappa shape index (κ2) is 8.11. The molecule has 23 heavy (non-hydrogen) atoms. The van der Waals surface area contributed by atoms with Gasteiger partial charge in [-0.25, -0.2) is 8.78 Å². The van der Waals surface area contributed by atoms with Crippen molar-refractivity contribution < 1.29 is 13.6 Å². The smallest absolute Gasteiger partial charge is 0.233 e. The number of halogens is 2. The first-order valence-corrected chi connectivity index (χ1v) is 8.29. The molecule has 0 saturated carbocycles. The van der Waals surface area contributed by atoms with Crippen molar-refractivity contribution in [3.63, 3.8) is 0 Å². The summed E-state index contributed by atoms with van der Waals surface area (Å²) in [7, 11) is 0. The molecule has 2 atom stereocenters. The summed E-state index contributed by atoms with van der Waals surface area (Å²) in [5.74, 6) is -1.70. The monoisotopic (exact) mass is 335 g/mol. The minimum absolute atomic E-state index is 0.123. The largest absolute Gasteiger partial charge is 0.355 e. The molecule has 1 N–H and O–H groups in total. The van der Waals surface area contributed by atoms with Crippen molar-refractivity contribution in [1.29, 1.82) is 0 Å². The summed E-state index contributed by atoms with van der Waals surface area (Å²) >= 11 is 1.20. The highest BCUT2D eigenvalue weighted by atomic mass is 32.2. The molecule has 2 rings (SSSR count). The Morgan fingerprint density at radius 1 is 1.09 bits per heavy atom. The van der Waals surface area contributed by atoms with Crippen molar-refractivity contribution in [2.45, 2.75) is 29.9 Å². The Balaban J connectivity index is 1.86. The lowest BCUT2D eigenvalue weighted by Gasteiger charge is -2.16. The fourth-order valence-electron chi connectivity index (χ4n) is 2.10. The summed E-state index contributed by atoms with van der Waals surface area (Å²) in [4.78, 5) is 12.7. The molecule has 0 spiro atoms. The molecule has 0 aliphatic heterocycles. The lowest BCUT2D eigenvalue weighted by molar-refractivity contribution is -0.120. The maximum atomic E-state index is 13.2. The molecule has 0 saturated heterocycles. The summed E-state index contributed by atoms with van der Waals surface area (Å²) < 4.78 is 26.1. The molecule has 2 aromatic rings. The zero-order chi connectivity index (χ0) is 16.8. The predicted octanol–water partition coefficient (Wildman–Crippen LogP) is 4.37. The third-order valence-corrected chi connectivity index (χ3v) is 4.62. The Hall–Kier alpha value is -1.88. The van der Waals surface area contributed by atoms with E-state index in [9.17, 15) is 13.6 Å².